The van der Waals surface area contributed by atoms with E-state index in [1.165, 1.54) is 19.2 Å². The summed E-state index contributed by atoms with van der Waals surface area (Å²) in [6.07, 6.45) is 5.00. The first-order valence-corrected chi connectivity index (χ1v) is 9.50. The average molecular weight is 388 g/mol. The molecule has 0 aromatic heterocycles. The zero-order valence-corrected chi connectivity index (χ0v) is 16.1. The van der Waals surface area contributed by atoms with Gasteiger partial charge in [-0.3, -0.25) is 9.69 Å². The smallest absolute Gasteiger partial charge is 0.323 e. The fourth-order valence-electron chi connectivity index (χ4n) is 3.48. The Bertz CT molecular complexity index is 755. The predicted molar refractivity (Wildman–Crippen MR) is 106 cm³/mol. The summed E-state index contributed by atoms with van der Waals surface area (Å²) >= 11 is 6.02. The number of rotatable bonds is 5. The van der Waals surface area contributed by atoms with E-state index in [1.54, 1.807) is 12.1 Å². The first kappa shape index (κ1) is 19.6. The number of hydrogen-bond acceptors (Lipinski definition) is 3. The summed E-state index contributed by atoms with van der Waals surface area (Å²) < 4.78 is 18.3. The van der Waals surface area contributed by atoms with E-state index in [1.807, 2.05) is 24.3 Å². The van der Waals surface area contributed by atoms with Gasteiger partial charge in [-0.05, 0) is 60.4 Å². The molecule has 0 radical (unpaired) electrons. The van der Waals surface area contributed by atoms with Crippen LogP contribution in [0.2, 0.25) is 5.02 Å². The van der Waals surface area contributed by atoms with Crippen molar-refractivity contribution in [3.8, 4) is 0 Å². The molecule has 2 aromatic carbocycles. The second-order valence-corrected chi connectivity index (χ2v) is 7.10. The molecule has 1 aliphatic heterocycles. The van der Waals surface area contributed by atoms with Gasteiger partial charge in [-0.15, -0.1) is 0 Å². The van der Waals surface area contributed by atoms with Crippen LogP contribution in [0.3, 0.4) is 0 Å². The van der Waals surface area contributed by atoms with Crippen LogP contribution < -0.4 is 0 Å². The van der Waals surface area contributed by atoms with Crippen LogP contribution in [-0.2, 0) is 9.53 Å². The Morgan fingerprint density at radius 3 is 2.41 bits per heavy atom. The Morgan fingerprint density at radius 2 is 1.78 bits per heavy atom. The minimum Gasteiger partial charge on any atom is -0.468 e. The molecule has 27 heavy (non-hydrogen) atoms. The maximum absolute atomic E-state index is 13.4. The van der Waals surface area contributed by atoms with Crippen molar-refractivity contribution >= 4 is 23.1 Å². The monoisotopic (exact) mass is 387 g/mol. The van der Waals surface area contributed by atoms with Gasteiger partial charge in [0.15, 0.2) is 0 Å². The molecule has 0 spiro atoms. The molecule has 5 heteroatoms. The van der Waals surface area contributed by atoms with E-state index in [2.05, 4.69) is 11.0 Å². The summed E-state index contributed by atoms with van der Waals surface area (Å²) in [5, 5.41) is 0.666. The van der Waals surface area contributed by atoms with E-state index in [0.29, 0.717) is 11.6 Å². The van der Waals surface area contributed by atoms with Crippen LogP contribution in [0.25, 0.3) is 5.57 Å². The Balaban J connectivity index is 1.90. The molecule has 1 heterocycles. The molecular formula is C22H23ClFNO2. The lowest BCUT2D eigenvalue weighted by Crippen LogP contribution is -2.45. The number of carbonyl (C=O) groups excluding carboxylic acids is 1. The zero-order chi connectivity index (χ0) is 19.2. The van der Waals surface area contributed by atoms with Crippen molar-refractivity contribution in [1.29, 1.82) is 0 Å². The highest BCUT2D eigenvalue weighted by Crippen LogP contribution is 2.26. The Kier molecular flexibility index (Phi) is 6.64. The third-order valence-electron chi connectivity index (χ3n) is 4.93. The summed E-state index contributed by atoms with van der Waals surface area (Å²) in [6, 6.07) is 13.8. The Morgan fingerprint density at radius 1 is 1.15 bits per heavy atom. The van der Waals surface area contributed by atoms with Crippen molar-refractivity contribution in [2.24, 2.45) is 0 Å². The quantitative estimate of drug-likeness (QED) is 0.680. The molecule has 0 N–H and O–H groups in total. The summed E-state index contributed by atoms with van der Waals surface area (Å²) in [7, 11) is 1.43. The summed E-state index contributed by atoms with van der Waals surface area (Å²) in [5.41, 5.74) is 2.91. The molecule has 1 aliphatic rings. The molecule has 0 amide bonds. The van der Waals surface area contributed by atoms with Gasteiger partial charge in [0.2, 0.25) is 0 Å². The largest absolute Gasteiger partial charge is 0.468 e. The SMILES string of the molecule is COC(=O)C1CCCCN1CC=C(c1ccc(F)cc1)c1ccc(Cl)cc1. The second kappa shape index (κ2) is 9.16. The number of nitrogens with zero attached hydrogens (tertiary/aromatic N) is 1. The van der Waals surface area contributed by atoms with Crippen LogP contribution in [-0.4, -0.2) is 37.1 Å². The van der Waals surface area contributed by atoms with Gasteiger partial charge in [-0.2, -0.15) is 0 Å². The number of hydrogen-bond donors (Lipinski definition) is 0. The van der Waals surface area contributed by atoms with E-state index in [4.69, 9.17) is 16.3 Å². The number of methoxy groups -OCH3 is 1. The summed E-state index contributed by atoms with van der Waals surface area (Å²) in [5.74, 6) is -0.450. The number of likely N-dealkylation sites (tertiary alicyclic amines) is 1. The molecular weight excluding hydrogens is 365 g/mol. The number of halogens is 2. The van der Waals surface area contributed by atoms with Gasteiger partial charge >= 0.3 is 5.97 Å². The van der Waals surface area contributed by atoms with Crippen molar-refractivity contribution in [3.05, 3.63) is 76.6 Å². The summed E-state index contributed by atoms with van der Waals surface area (Å²) in [6.45, 7) is 1.47. The molecule has 1 unspecified atom stereocenters. The van der Waals surface area contributed by atoms with E-state index >= 15 is 0 Å². The van der Waals surface area contributed by atoms with Crippen LogP contribution in [0.15, 0.2) is 54.6 Å². The van der Waals surface area contributed by atoms with Gasteiger partial charge in [-0.1, -0.05) is 48.4 Å². The fraction of sp³-hybridized carbons (Fsp3) is 0.318. The molecule has 0 aliphatic carbocycles. The van der Waals surface area contributed by atoms with Crippen molar-refractivity contribution < 1.29 is 13.9 Å². The molecule has 0 saturated carbocycles. The minimum absolute atomic E-state index is 0.182. The highest BCUT2D eigenvalue weighted by molar-refractivity contribution is 6.30. The molecule has 142 valence electrons. The third kappa shape index (κ3) is 4.96. The number of esters is 1. The highest BCUT2D eigenvalue weighted by Gasteiger charge is 2.28. The van der Waals surface area contributed by atoms with E-state index in [9.17, 15) is 9.18 Å². The van der Waals surface area contributed by atoms with Crippen LogP contribution in [0.5, 0.6) is 0 Å². The molecule has 2 aromatic rings. The lowest BCUT2D eigenvalue weighted by atomic mass is 9.96. The Hall–Kier alpha value is -2.17. The zero-order valence-electron chi connectivity index (χ0n) is 15.3. The number of piperidine rings is 1. The summed E-state index contributed by atoms with van der Waals surface area (Å²) in [4.78, 5) is 14.2. The molecule has 0 bridgehead atoms. The predicted octanol–water partition coefficient (Wildman–Crippen LogP) is 4.94. The van der Waals surface area contributed by atoms with Crippen LogP contribution in [0.4, 0.5) is 4.39 Å². The maximum Gasteiger partial charge on any atom is 0.323 e. The third-order valence-corrected chi connectivity index (χ3v) is 5.18. The van der Waals surface area contributed by atoms with Crippen molar-refractivity contribution in [2.75, 3.05) is 20.2 Å². The second-order valence-electron chi connectivity index (χ2n) is 6.66. The fourth-order valence-corrected chi connectivity index (χ4v) is 3.61. The topological polar surface area (TPSA) is 29.5 Å². The molecule has 1 saturated heterocycles. The van der Waals surface area contributed by atoms with Gasteiger partial charge in [0.25, 0.3) is 0 Å². The molecule has 1 atom stereocenters. The lowest BCUT2D eigenvalue weighted by Gasteiger charge is -2.33. The standard InChI is InChI=1S/C22H23ClFNO2/c1-27-22(26)21-4-2-3-14-25(21)15-13-20(16-5-9-18(23)10-6-16)17-7-11-19(24)12-8-17/h5-13,21H,2-4,14-15H2,1H3. The number of ether oxygens (including phenoxy) is 1. The van der Waals surface area contributed by atoms with Crippen molar-refractivity contribution in [2.45, 2.75) is 25.3 Å². The maximum atomic E-state index is 13.4. The highest BCUT2D eigenvalue weighted by atomic mass is 35.5. The normalized spacial score (nSPS) is 18.3. The van der Waals surface area contributed by atoms with E-state index < -0.39 is 0 Å². The lowest BCUT2D eigenvalue weighted by molar-refractivity contribution is -0.148. The van der Waals surface area contributed by atoms with E-state index in [-0.39, 0.29) is 17.8 Å². The molecule has 1 fully saturated rings. The van der Waals surface area contributed by atoms with Crippen molar-refractivity contribution in [3.63, 3.8) is 0 Å². The number of benzene rings is 2. The Labute approximate surface area is 164 Å². The van der Waals surface area contributed by atoms with Crippen molar-refractivity contribution in [1.82, 2.24) is 4.90 Å². The van der Waals surface area contributed by atoms with Gasteiger partial charge in [0.1, 0.15) is 11.9 Å². The van der Waals surface area contributed by atoms with Crippen LogP contribution >= 0.6 is 11.6 Å². The molecule has 3 rings (SSSR count). The van der Waals surface area contributed by atoms with Gasteiger partial charge in [0, 0.05) is 11.6 Å². The minimum atomic E-state index is -0.268. The molecule has 3 nitrogen and oxygen atoms in total. The van der Waals surface area contributed by atoms with E-state index in [0.717, 1.165) is 42.5 Å². The van der Waals surface area contributed by atoms with Crippen LogP contribution in [0, 0.1) is 5.82 Å². The van der Waals surface area contributed by atoms with Gasteiger partial charge in [0.05, 0.1) is 7.11 Å². The first-order chi connectivity index (χ1) is 13.1. The average Bonchev–Trinajstić information content (AvgIpc) is 2.70. The van der Waals surface area contributed by atoms with Gasteiger partial charge < -0.3 is 4.74 Å². The number of carbonyl (C=O) groups is 1. The van der Waals surface area contributed by atoms with Crippen LogP contribution in [0.1, 0.15) is 30.4 Å². The van der Waals surface area contributed by atoms with Gasteiger partial charge in [-0.25, -0.2) is 4.39 Å². The first-order valence-electron chi connectivity index (χ1n) is 9.12.